The van der Waals surface area contributed by atoms with E-state index in [4.69, 9.17) is 16.0 Å². The second kappa shape index (κ2) is 8.05. The second-order valence-corrected chi connectivity index (χ2v) is 8.02. The second-order valence-electron chi connectivity index (χ2n) is 7.65. The number of benzene rings is 3. The van der Waals surface area contributed by atoms with Crippen LogP contribution in [-0.2, 0) is 6.54 Å². The molecule has 0 bridgehead atoms. The number of aromatic hydroxyl groups is 1. The number of phenolic OH excluding ortho intramolecular Hbond substituents is 1. The van der Waals surface area contributed by atoms with Crippen LogP contribution in [0.5, 0.6) is 5.75 Å². The summed E-state index contributed by atoms with van der Waals surface area (Å²) in [6.45, 7) is 4.39. The predicted molar refractivity (Wildman–Crippen MR) is 122 cm³/mol. The predicted octanol–water partition coefficient (Wildman–Crippen LogP) is 5.78. The van der Waals surface area contributed by atoms with Crippen molar-refractivity contribution in [2.45, 2.75) is 6.54 Å². The topological polar surface area (TPSA) is 39.9 Å². The van der Waals surface area contributed by atoms with Gasteiger partial charge in [0.15, 0.2) is 5.76 Å². The first kappa shape index (κ1) is 19.0. The van der Waals surface area contributed by atoms with Crippen molar-refractivity contribution in [3.63, 3.8) is 0 Å². The molecule has 1 N–H and O–H groups in total. The molecule has 0 atom stereocenters. The molecular weight excluding hydrogens is 396 g/mol. The van der Waals surface area contributed by atoms with E-state index < -0.39 is 0 Å². The summed E-state index contributed by atoms with van der Waals surface area (Å²) in [5, 5.41) is 12.0. The molecule has 0 aliphatic carbocycles. The molecule has 3 aromatic carbocycles. The number of para-hydroxylation sites is 1. The minimum atomic E-state index is 0.260. The number of phenols is 1. The lowest BCUT2D eigenvalue weighted by molar-refractivity contribution is 0.247. The summed E-state index contributed by atoms with van der Waals surface area (Å²) in [5.74, 6) is 0.906. The fraction of sp³-hybridized carbons (Fsp3) is 0.200. The lowest BCUT2D eigenvalue weighted by Gasteiger charge is -2.36. The summed E-state index contributed by atoms with van der Waals surface area (Å²) >= 11 is 6.76. The third kappa shape index (κ3) is 3.53. The van der Waals surface area contributed by atoms with Gasteiger partial charge in [0, 0.05) is 54.9 Å². The first-order valence-corrected chi connectivity index (χ1v) is 10.6. The Hall–Kier alpha value is -2.95. The van der Waals surface area contributed by atoms with Gasteiger partial charge in [0.25, 0.3) is 0 Å². The molecule has 0 spiro atoms. The van der Waals surface area contributed by atoms with Crippen LogP contribution < -0.4 is 4.90 Å². The molecule has 0 saturated carbocycles. The van der Waals surface area contributed by atoms with Gasteiger partial charge in [-0.2, -0.15) is 0 Å². The van der Waals surface area contributed by atoms with Crippen molar-refractivity contribution < 1.29 is 9.52 Å². The summed E-state index contributed by atoms with van der Waals surface area (Å²) < 4.78 is 6.07. The fourth-order valence-electron chi connectivity index (χ4n) is 4.17. The highest BCUT2D eigenvalue weighted by molar-refractivity contribution is 6.38. The quantitative estimate of drug-likeness (QED) is 0.456. The van der Waals surface area contributed by atoms with Crippen LogP contribution in [0.3, 0.4) is 0 Å². The molecule has 0 radical (unpaired) electrons. The van der Waals surface area contributed by atoms with Crippen molar-refractivity contribution in [2.75, 3.05) is 31.1 Å². The Morgan fingerprint density at radius 1 is 0.833 bits per heavy atom. The van der Waals surface area contributed by atoms with Crippen molar-refractivity contribution in [2.24, 2.45) is 0 Å². The van der Waals surface area contributed by atoms with Crippen LogP contribution in [0.2, 0.25) is 5.02 Å². The Morgan fingerprint density at radius 2 is 1.50 bits per heavy atom. The number of fused-ring (bicyclic) bond motifs is 1. The molecule has 1 aromatic heterocycles. The summed E-state index contributed by atoms with van der Waals surface area (Å²) in [5.41, 5.74) is 3.72. The van der Waals surface area contributed by atoms with E-state index in [2.05, 4.69) is 34.1 Å². The summed E-state index contributed by atoms with van der Waals surface area (Å²) in [7, 11) is 0. The van der Waals surface area contributed by atoms with Gasteiger partial charge in [-0.1, -0.05) is 60.1 Å². The number of hydrogen-bond acceptors (Lipinski definition) is 4. The van der Waals surface area contributed by atoms with Gasteiger partial charge in [-0.05, 0) is 24.3 Å². The summed E-state index contributed by atoms with van der Waals surface area (Å²) in [4.78, 5) is 4.76. The Bertz CT molecular complexity index is 1150. The van der Waals surface area contributed by atoms with Crippen molar-refractivity contribution >= 4 is 28.3 Å². The smallest absolute Gasteiger partial charge is 0.154 e. The van der Waals surface area contributed by atoms with Crippen LogP contribution in [0.1, 0.15) is 5.56 Å². The molecule has 2 heterocycles. The molecule has 4 aromatic rings. The van der Waals surface area contributed by atoms with Crippen LogP contribution in [0, 0.1) is 0 Å². The maximum Gasteiger partial charge on any atom is 0.154 e. The lowest BCUT2D eigenvalue weighted by atomic mass is 10.1. The molecule has 1 fully saturated rings. The number of furan rings is 1. The van der Waals surface area contributed by atoms with Crippen LogP contribution in [0.4, 0.5) is 5.69 Å². The number of nitrogens with zero attached hydrogens (tertiary/aromatic N) is 2. The standard InChI is InChI=1S/C25H23ClN2O2/c26-24-23-20(17-27-13-15-28(16-14-27)19-9-5-2-6-10-19)21(29)11-12-22(23)30-25(24)18-7-3-1-4-8-18/h1-12,29H,13-17H2. The largest absolute Gasteiger partial charge is 0.508 e. The molecule has 4 nitrogen and oxygen atoms in total. The SMILES string of the molecule is Oc1ccc2oc(-c3ccccc3)c(Cl)c2c1CN1CCN(c2ccccc2)CC1. The van der Waals surface area contributed by atoms with Crippen molar-refractivity contribution in [3.8, 4) is 17.1 Å². The number of anilines is 1. The molecule has 152 valence electrons. The van der Waals surface area contributed by atoms with Gasteiger partial charge in [0.1, 0.15) is 11.3 Å². The first-order valence-electron chi connectivity index (χ1n) is 10.2. The van der Waals surface area contributed by atoms with Crippen LogP contribution >= 0.6 is 11.6 Å². The lowest BCUT2D eigenvalue weighted by Crippen LogP contribution is -2.45. The molecule has 1 saturated heterocycles. The highest BCUT2D eigenvalue weighted by atomic mass is 35.5. The normalized spacial score (nSPS) is 15.0. The molecule has 5 rings (SSSR count). The summed E-state index contributed by atoms with van der Waals surface area (Å²) in [6.07, 6.45) is 0. The van der Waals surface area contributed by atoms with E-state index in [1.54, 1.807) is 12.1 Å². The van der Waals surface area contributed by atoms with Crippen LogP contribution in [0.15, 0.2) is 77.2 Å². The maximum absolute atomic E-state index is 10.6. The Labute approximate surface area is 180 Å². The van der Waals surface area contributed by atoms with Gasteiger partial charge < -0.3 is 14.4 Å². The zero-order valence-electron chi connectivity index (χ0n) is 16.6. The van der Waals surface area contributed by atoms with Crippen molar-refractivity contribution in [3.05, 3.63) is 83.4 Å². The average molecular weight is 419 g/mol. The summed E-state index contributed by atoms with van der Waals surface area (Å²) in [6, 6.07) is 23.8. The Balaban J connectivity index is 1.41. The molecule has 1 aliphatic heterocycles. The van der Waals surface area contributed by atoms with E-state index in [-0.39, 0.29) is 5.75 Å². The highest BCUT2D eigenvalue weighted by Crippen LogP contribution is 2.42. The van der Waals surface area contributed by atoms with E-state index >= 15 is 0 Å². The van der Waals surface area contributed by atoms with Gasteiger partial charge >= 0.3 is 0 Å². The van der Waals surface area contributed by atoms with E-state index in [1.807, 2.05) is 36.4 Å². The minimum Gasteiger partial charge on any atom is -0.508 e. The fourth-order valence-corrected chi connectivity index (χ4v) is 4.53. The van der Waals surface area contributed by atoms with Crippen LogP contribution in [0.25, 0.3) is 22.3 Å². The molecule has 1 aliphatic rings. The van der Waals surface area contributed by atoms with Gasteiger partial charge in [-0.3, -0.25) is 4.90 Å². The molecule has 5 heteroatoms. The van der Waals surface area contributed by atoms with Gasteiger partial charge in [-0.25, -0.2) is 0 Å². The zero-order valence-corrected chi connectivity index (χ0v) is 17.3. The van der Waals surface area contributed by atoms with E-state index in [0.29, 0.717) is 22.9 Å². The molecule has 0 amide bonds. The van der Waals surface area contributed by atoms with E-state index in [0.717, 1.165) is 42.7 Å². The minimum absolute atomic E-state index is 0.260. The Morgan fingerprint density at radius 3 is 2.20 bits per heavy atom. The third-order valence-electron chi connectivity index (χ3n) is 5.79. The van der Waals surface area contributed by atoms with E-state index in [1.165, 1.54) is 5.69 Å². The van der Waals surface area contributed by atoms with Gasteiger partial charge in [0.05, 0.1) is 5.02 Å². The number of hydrogen-bond donors (Lipinski definition) is 1. The number of halogens is 1. The number of piperazine rings is 1. The van der Waals surface area contributed by atoms with Crippen LogP contribution in [-0.4, -0.2) is 36.2 Å². The first-order chi connectivity index (χ1) is 14.7. The van der Waals surface area contributed by atoms with Gasteiger partial charge in [-0.15, -0.1) is 0 Å². The van der Waals surface area contributed by atoms with Gasteiger partial charge in [0.2, 0.25) is 0 Å². The molecule has 30 heavy (non-hydrogen) atoms. The van der Waals surface area contributed by atoms with Crippen molar-refractivity contribution in [1.82, 2.24) is 4.90 Å². The molecular formula is C25H23ClN2O2. The average Bonchev–Trinajstić information content (AvgIpc) is 3.14. The maximum atomic E-state index is 10.6. The monoisotopic (exact) mass is 418 g/mol. The Kier molecular flexibility index (Phi) is 5.11. The van der Waals surface area contributed by atoms with Crippen molar-refractivity contribution in [1.29, 1.82) is 0 Å². The highest BCUT2D eigenvalue weighted by Gasteiger charge is 2.23. The third-order valence-corrected chi connectivity index (χ3v) is 6.15. The number of rotatable bonds is 4. The van der Waals surface area contributed by atoms with E-state index in [9.17, 15) is 5.11 Å². The zero-order chi connectivity index (χ0) is 20.5. The molecule has 0 unspecified atom stereocenters.